The largest absolute Gasteiger partial charge is 0.337 e. The Morgan fingerprint density at radius 3 is 3.06 bits per heavy atom. The third-order valence-corrected chi connectivity index (χ3v) is 3.27. The van der Waals surface area contributed by atoms with Crippen LogP contribution >= 0.6 is 11.8 Å². The lowest BCUT2D eigenvalue weighted by Gasteiger charge is -2.02. The van der Waals surface area contributed by atoms with Gasteiger partial charge in [-0.3, -0.25) is 4.79 Å². The molecule has 3 nitrogen and oxygen atoms in total. The number of benzene rings is 1. The summed E-state index contributed by atoms with van der Waals surface area (Å²) in [7, 11) is 1.98. The van der Waals surface area contributed by atoms with Gasteiger partial charge in [0.25, 0.3) is 0 Å². The highest BCUT2D eigenvalue weighted by molar-refractivity contribution is 7.98. The highest BCUT2D eigenvalue weighted by atomic mass is 32.2. The van der Waals surface area contributed by atoms with Crippen LogP contribution in [0.5, 0.6) is 0 Å². The molecule has 0 radical (unpaired) electrons. The fraction of sp³-hybridized carbons (Fsp3) is 0.167. The van der Waals surface area contributed by atoms with Crippen molar-refractivity contribution in [2.75, 3.05) is 0 Å². The molecule has 0 amide bonds. The first-order valence-electron chi connectivity index (χ1n) is 4.94. The summed E-state index contributed by atoms with van der Waals surface area (Å²) in [6, 6.07) is 7.59. The first-order chi connectivity index (χ1) is 7.79. The van der Waals surface area contributed by atoms with Crippen molar-refractivity contribution < 1.29 is 4.79 Å². The molecule has 0 N–H and O–H groups in total. The van der Waals surface area contributed by atoms with Crippen molar-refractivity contribution in [1.82, 2.24) is 9.55 Å². The fourth-order valence-corrected chi connectivity index (χ4v) is 2.33. The predicted molar refractivity (Wildman–Crippen MR) is 64.6 cm³/mol. The van der Waals surface area contributed by atoms with Gasteiger partial charge in [0.2, 0.25) is 0 Å². The minimum Gasteiger partial charge on any atom is -0.337 e. The number of hydrogen-bond donors (Lipinski definition) is 0. The van der Waals surface area contributed by atoms with Gasteiger partial charge in [-0.05, 0) is 12.1 Å². The van der Waals surface area contributed by atoms with Crippen molar-refractivity contribution in [1.29, 1.82) is 0 Å². The third-order valence-electron chi connectivity index (χ3n) is 2.28. The maximum absolute atomic E-state index is 10.6. The lowest BCUT2D eigenvalue weighted by atomic mass is 10.2. The van der Waals surface area contributed by atoms with E-state index in [2.05, 4.69) is 4.98 Å². The molecule has 1 aromatic heterocycles. The number of thioether (sulfide) groups is 1. The highest BCUT2D eigenvalue weighted by Crippen LogP contribution is 2.22. The van der Waals surface area contributed by atoms with Crippen LogP contribution < -0.4 is 0 Å². The smallest absolute Gasteiger partial charge is 0.150 e. The number of hydrogen-bond acceptors (Lipinski definition) is 3. The zero-order valence-corrected chi connectivity index (χ0v) is 9.78. The Bertz CT molecular complexity index is 493. The zero-order chi connectivity index (χ0) is 11.4. The minimum atomic E-state index is 0.713. The summed E-state index contributed by atoms with van der Waals surface area (Å²) in [4.78, 5) is 16.0. The predicted octanol–water partition coefficient (Wildman–Crippen LogP) is 2.52. The van der Waals surface area contributed by atoms with Crippen LogP contribution in [-0.4, -0.2) is 15.8 Å². The molecule has 0 spiro atoms. The molecule has 0 fully saturated rings. The summed E-state index contributed by atoms with van der Waals surface area (Å²) < 4.78 is 2.00. The second kappa shape index (κ2) is 4.99. The minimum absolute atomic E-state index is 0.713. The molecule has 0 aliphatic carbocycles. The zero-order valence-electron chi connectivity index (χ0n) is 8.96. The van der Waals surface area contributed by atoms with Gasteiger partial charge in [0.1, 0.15) is 12.1 Å². The Balaban J connectivity index is 2.04. The van der Waals surface area contributed by atoms with Gasteiger partial charge in [0.15, 0.2) is 0 Å². The van der Waals surface area contributed by atoms with Gasteiger partial charge >= 0.3 is 0 Å². The highest BCUT2D eigenvalue weighted by Gasteiger charge is 2.01. The van der Waals surface area contributed by atoms with E-state index in [1.165, 1.54) is 0 Å². The summed E-state index contributed by atoms with van der Waals surface area (Å²) in [6.07, 6.45) is 4.58. The molecule has 82 valence electrons. The molecule has 2 aromatic rings. The van der Waals surface area contributed by atoms with Gasteiger partial charge in [-0.15, -0.1) is 11.8 Å². The molecule has 1 aromatic carbocycles. The van der Waals surface area contributed by atoms with Crippen molar-refractivity contribution in [3.63, 3.8) is 0 Å². The average molecular weight is 232 g/mol. The summed E-state index contributed by atoms with van der Waals surface area (Å²) in [5.74, 6) is 1.84. The third kappa shape index (κ3) is 2.52. The quantitative estimate of drug-likeness (QED) is 0.600. The SMILES string of the molecule is Cn1ccnc1CSc1cccc(C=O)c1. The summed E-state index contributed by atoms with van der Waals surface area (Å²) in [6.45, 7) is 0. The van der Waals surface area contributed by atoms with Crippen molar-refractivity contribution in [2.45, 2.75) is 10.6 Å². The second-order valence-electron chi connectivity index (χ2n) is 3.43. The lowest BCUT2D eigenvalue weighted by Crippen LogP contribution is -1.94. The first-order valence-corrected chi connectivity index (χ1v) is 5.92. The number of aldehydes is 1. The van der Waals surface area contributed by atoms with Gasteiger partial charge < -0.3 is 4.57 Å². The molecule has 0 aliphatic rings. The van der Waals surface area contributed by atoms with Gasteiger partial charge in [0, 0.05) is 29.9 Å². The van der Waals surface area contributed by atoms with E-state index in [0.29, 0.717) is 5.56 Å². The van der Waals surface area contributed by atoms with Crippen LogP contribution in [0.15, 0.2) is 41.6 Å². The van der Waals surface area contributed by atoms with Crippen LogP contribution in [0.3, 0.4) is 0 Å². The molecule has 0 bridgehead atoms. The maximum atomic E-state index is 10.6. The van der Waals surface area contributed by atoms with E-state index in [4.69, 9.17) is 0 Å². The molecule has 0 saturated carbocycles. The van der Waals surface area contributed by atoms with Crippen LogP contribution in [0.4, 0.5) is 0 Å². The molecule has 2 rings (SSSR count). The van der Waals surface area contributed by atoms with E-state index in [9.17, 15) is 4.79 Å². The Morgan fingerprint density at radius 1 is 1.50 bits per heavy atom. The summed E-state index contributed by atoms with van der Waals surface area (Å²) in [5, 5.41) is 0. The normalized spacial score (nSPS) is 10.3. The van der Waals surface area contributed by atoms with Crippen molar-refractivity contribution in [3.05, 3.63) is 48.0 Å². The molecular weight excluding hydrogens is 220 g/mol. The number of aryl methyl sites for hydroxylation is 1. The number of rotatable bonds is 4. The Morgan fingerprint density at radius 2 is 2.38 bits per heavy atom. The average Bonchev–Trinajstić information content (AvgIpc) is 2.72. The van der Waals surface area contributed by atoms with Crippen LogP contribution in [-0.2, 0) is 12.8 Å². The van der Waals surface area contributed by atoms with Crippen LogP contribution in [0, 0.1) is 0 Å². The molecule has 0 atom stereocenters. The summed E-state index contributed by atoms with van der Waals surface area (Å²) in [5.41, 5.74) is 0.713. The standard InChI is InChI=1S/C12H12N2OS/c1-14-6-5-13-12(14)9-16-11-4-2-3-10(7-11)8-15/h2-8H,9H2,1H3. The van der Waals surface area contributed by atoms with Crippen molar-refractivity contribution in [2.24, 2.45) is 7.05 Å². The first kappa shape index (κ1) is 11.0. The molecular formula is C12H12N2OS. The topological polar surface area (TPSA) is 34.9 Å². The number of imidazole rings is 1. The van der Waals surface area contributed by atoms with Crippen molar-refractivity contribution in [3.8, 4) is 0 Å². The molecule has 1 heterocycles. The Labute approximate surface area is 98.5 Å². The number of nitrogens with zero attached hydrogens (tertiary/aromatic N) is 2. The van der Waals surface area contributed by atoms with E-state index < -0.39 is 0 Å². The number of carbonyl (C=O) groups excluding carboxylic acids is 1. The van der Waals surface area contributed by atoms with E-state index in [-0.39, 0.29) is 0 Å². The molecule has 4 heteroatoms. The van der Waals surface area contributed by atoms with Crippen LogP contribution in [0.2, 0.25) is 0 Å². The van der Waals surface area contributed by atoms with E-state index >= 15 is 0 Å². The van der Waals surface area contributed by atoms with Gasteiger partial charge in [0.05, 0.1) is 5.75 Å². The van der Waals surface area contributed by atoms with E-state index in [0.717, 1.165) is 22.8 Å². The monoisotopic (exact) mass is 232 g/mol. The van der Waals surface area contributed by atoms with Gasteiger partial charge in [-0.25, -0.2) is 4.98 Å². The summed E-state index contributed by atoms with van der Waals surface area (Å²) >= 11 is 1.68. The molecule has 0 aliphatic heterocycles. The van der Waals surface area contributed by atoms with Crippen molar-refractivity contribution >= 4 is 18.0 Å². The molecule has 16 heavy (non-hydrogen) atoms. The lowest BCUT2D eigenvalue weighted by molar-refractivity contribution is 0.112. The molecule has 0 saturated heterocycles. The number of aromatic nitrogens is 2. The second-order valence-corrected chi connectivity index (χ2v) is 4.48. The van der Waals surface area contributed by atoms with Gasteiger partial charge in [-0.2, -0.15) is 0 Å². The maximum Gasteiger partial charge on any atom is 0.150 e. The van der Waals surface area contributed by atoms with Crippen LogP contribution in [0.25, 0.3) is 0 Å². The Kier molecular flexibility index (Phi) is 3.41. The molecule has 0 unspecified atom stereocenters. The van der Waals surface area contributed by atoms with Crippen LogP contribution in [0.1, 0.15) is 16.2 Å². The Hall–Kier alpha value is -1.55. The van der Waals surface area contributed by atoms with E-state index in [1.807, 2.05) is 36.0 Å². The van der Waals surface area contributed by atoms with Gasteiger partial charge in [-0.1, -0.05) is 12.1 Å². The number of carbonyl (C=O) groups is 1. The van der Waals surface area contributed by atoms with E-state index in [1.54, 1.807) is 24.0 Å². The fourth-order valence-electron chi connectivity index (χ4n) is 1.36.